The van der Waals surface area contributed by atoms with Crippen molar-refractivity contribution < 1.29 is 19.2 Å². The molecule has 0 bridgehead atoms. The average molecular weight is 240 g/mol. The summed E-state index contributed by atoms with van der Waals surface area (Å²) in [4.78, 5) is 22.8. The number of nitro groups is 1. The molecule has 0 spiro atoms. The summed E-state index contributed by atoms with van der Waals surface area (Å²) in [6.45, 7) is 3.61. The van der Waals surface area contributed by atoms with Crippen LogP contribution in [0.2, 0.25) is 0 Å². The Kier molecular flexibility index (Phi) is 4.41. The standard InChI is InChI=1S/C10H12N2O5/c1-2-5-11(6-7-13)10(14)8-3-4-9(17-8)12(15)16/h2-4,13H,1,5-7H2. The molecule has 0 radical (unpaired) electrons. The van der Waals surface area contributed by atoms with Crippen LogP contribution in [0.15, 0.2) is 29.2 Å². The monoisotopic (exact) mass is 240 g/mol. The summed E-state index contributed by atoms with van der Waals surface area (Å²) in [5.41, 5.74) is 0. The van der Waals surface area contributed by atoms with Crippen LogP contribution < -0.4 is 0 Å². The van der Waals surface area contributed by atoms with Crippen molar-refractivity contribution in [1.82, 2.24) is 4.90 Å². The maximum Gasteiger partial charge on any atom is 0.433 e. The number of nitrogens with zero attached hydrogens (tertiary/aromatic N) is 2. The molecule has 1 rings (SSSR count). The third-order valence-corrected chi connectivity index (χ3v) is 1.99. The Labute approximate surface area is 97.1 Å². The number of carbonyl (C=O) groups excluding carboxylic acids is 1. The minimum Gasteiger partial charge on any atom is -0.395 e. The second-order valence-electron chi connectivity index (χ2n) is 3.16. The lowest BCUT2D eigenvalue weighted by atomic mass is 10.3. The zero-order chi connectivity index (χ0) is 12.8. The maximum atomic E-state index is 11.8. The van der Waals surface area contributed by atoms with Gasteiger partial charge in [-0.3, -0.25) is 14.9 Å². The quantitative estimate of drug-likeness (QED) is 0.450. The van der Waals surface area contributed by atoms with Gasteiger partial charge in [-0.2, -0.15) is 0 Å². The minimum atomic E-state index is -0.722. The number of hydrogen-bond donors (Lipinski definition) is 1. The Balaban J connectivity index is 2.84. The molecule has 0 saturated carbocycles. The molecule has 0 saturated heterocycles. The van der Waals surface area contributed by atoms with E-state index < -0.39 is 16.7 Å². The van der Waals surface area contributed by atoms with Gasteiger partial charge in [0.25, 0.3) is 5.91 Å². The fraction of sp³-hybridized carbons (Fsp3) is 0.300. The molecule has 0 unspecified atom stereocenters. The summed E-state index contributed by atoms with van der Waals surface area (Å²) >= 11 is 0. The van der Waals surface area contributed by atoms with Crippen LogP contribution in [0.3, 0.4) is 0 Å². The van der Waals surface area contributed by atoms with Gasteiger partial charge in [-0.1, -0.05) is 6.08 Å². The van der Waals surface area contributed by atoms with Gasteiger partial charge < -0.3 is 14.4 Å². The summed E-state index contributed by atoms with van der Waals surface area (Å²) < 4.78 is 4.77. The van der Waals surface area contributed by atoms with E-state index in [1.54, 1.807) is 0 Å². The molecule has 0 aliphatic heterocycles. The predicted octanol–water partition coefficient (Wildman–Crippen LogP) is 0.808. The molecule has 0 fully saturated rings. The van der Waals surface area contributed by atoms with Crippen molar-refractivity contribution in [1.29, 1.82) is 0 Å². The normalized spacial score (nSPS) is 9.94. The molecular formula is C10H12N2O5. The molecule has 1 aromatic rings. The highest BCUT2D eigenvalue weighted by Gasteiger charge is 2.21. The van der Waals surface area contributed by atoms with Crippen LogP contribution in [-0.4, -0.2) is 40.5 Å². The average Bonchev–Trinajstić information content (AvgIpc) is 2.77. The Morgan fingerprint density at radius 2 is 2.35 bits per heavy atom. The Bertz CT molecular complexity index is 426. The zero-order valence-corrected chi connectivity index (χ0v) is 9.04. The Hall–Kier alpha value is -2.15. The number of aliphatic hydroxyl groups is 1. The van der Waals surface area contributed by atoms with Crippen LogP contribution in [0.1, 0.15) is 10.6 Å². The number of aliphatic hydroxyl groups excluding tert-OH is 1. The van der Waals surface area contributed by atoms with E-state index in [-0.39, 0.29) is 25.5 Å². The topological polar surface area (TPSA) is 96.8 Å². The smallest absolute Gasteiger partial charge is 0.395 e. The molecule has 7 nitrogen and oxygen atoms in total. The minimum absolute atomic E-state index is 0.110. The molecule has 1 amide bonds. The van der Waals surface area contributed by atoms with Crippen molar-refractivity contribution in [2.45, 2.75) is 0 Å². The van der Waals surface area contributed by atoms with Gasteiger partial charge in [0.1, 0.15) is 4.92 Å². The first-order valence-corrected chi connectivity index (χ1v) is 4.85. The second kappa shape index (κ2) is 5.80. The summed E-state index contributed by atoms with van der Waals surface area (Å²) in [5.74, 6) is -1.14. The second-order valence-corrected chi connectivity index (χ2v) is 3.16. The summed E-state index contributed by atoms with van der Waals surface area (Å²) in [6.07, 6.45) is 1.49. The molecule has 1 aromatic heterocycles. The maximum absolute atomic E-state index is 11.8. The van der Waals surface area contributed by atoms with Gasteiger partial charge in [0.15, 0.2) is 5.76 Å². The lowest BCUT2D eigenvalue weighted by Gasteiger charge is -2.17. The fourth-order valence-electron chi connectivity index (χ4n) is 1.25. The van der Waals surface area contributed by atoms with Crippen molar-refractivity contribution >= 4 is 11.8 Å². The largest absolute Gasteiger partial charge is 0.433 e. The number of furan rings is 1. The van der Waals surface area contributed by atoms with Gasteiger partial charge in [-0.15, -0.1) is 6.58 Å². The number of amides is 1. The van der Waals surface area contributed by atoms with Crippen molar-refractivity contribution in [2.75, 3.05) is 19.7 Å². The molecule has 1 heterocycles. The van der Waals surface area contributed by atoms with E-state index >= 15 is 0 Å². The van der Waals surface area contributed by atoms with E-state index in [0.717, 1.165) is 6.07 Å². The Morgan fingerprint density at radius 3 is 2.82 bits per heavy atom. The highest BCUT2D eigenvalue weighted by molar-refractivity contribution is 5.91. The van der Waals surface area contributed by atoms with E-state index in [2.05, 4.69) is 6.58 Å². The van der Waals surface area contributed by atoms with E-state index in [1.165, 1.54) is 17.0 Å². The third-order valence-electron chi connectivity index (χ3n) is 1.99. The summed E-state index contributed by atoms with van der Waals surface area (Å²) in [7, 11) is 0. The number of carbonyl (C=O) groups is 1. The van der Waals surface area contributed by atoms with Gasteiger partial charge in [0.05, 0.1) is 12.7 Å². The molecule has 0 aliphatic rings. The molecule has 0 aromatic carbocycles. The summed E-state index contributed by atoms with van der Waals surface area (Å²) in [5, 5.41) is 19.2. The van der Waals surface area contributed by atoms with Gasteiger partial charge >= 0.3 is 5.88 Å². The highest BCUT2D eigenvalue weighted by atomic mass is 16.6. The van der Waals surface area contributed by atoms with Crippen LogP contribution in [0, 0.1) is 10.1 Å². The van der Waals surface area contributed by atoms with Gasteiger partial charge in [-0.25, -0.2) is 0 Å². The van der Waals surface area contributed by atoms with Crippen molar-refractivity contribution in [3.05, 3.63) is 40.7 Å². The highest BCUT2D eigenvalue weighted by Crippen LogP contribution is 2.17. The van der Waals surface area contributed by atoms with Crippen LogP contribution >= 0.6 is 0 Å². The first kappa shape index (κ1) is 12.9. The molecule has 0 aliphatic carbocycles. The van der Waals surface area contributed by atoms with E-state index in [4.69, 9.17) is 9.52 Å². The lowest BCUT2D eigenvalue weighted by molar-refractivity contribution is -0.402. The molecular weight excluding hydrogens is 228 g/mol. The molecule has 92 valence electrons. The van der Waals surface area contributed by atoms with Crippen LogP contribution in [-0.2, 0) is 0 Å². The van der Waals surface area contributed by atoms with Crippen molar-refractivity contribution in [3.8, 4) is 0 Å². The molecule has 0 atom stereocenters. The lowest BCUT2D eigenvalue weighted by Crippen LogP contribution is -2.33. The van der Waals surface area contributed by atoms with Crippen LogP contribution in [0.25, 0.3) is 0 Å². The van der Waals surface area contributed by atoms with Crippen molar-refractivity contribution in [2.24, 2.45) is 0 Å². The fourth-order valence-corrected chi connectivity index (χ4v) is 1.25. The summed E-state index contributed by atoms with van der Waals surface area (Å²) in [6, 6.07) is 2.34. The van der Waals surface area contributed by atoms with E-state index in [1.807, 2.05) is 0 Å². The predicted molar refractivity (Wildman–Crippen MR) is 58.5 cm³/mol. The van der Waals surface area contributed by atoms with Crippen LogP contribution in [0.4, 0.5) is 5.88 Å². The van der Waals surface area contributed by atoms with E-state index in [0.29, 0.717) is 0 Å². The Morgan fingerprint density at radius 1 is 1.65 bits per heavy atom. The van der Waals surface area contributed by atoms with Crippen LogP contribution in [0.5, 0.6) is 0 Å². The third kappa shape index (κ3) is 3.15. The van der Waals surface area contributed by atoms with E-state index in [9.17, 15) is 14.9 Å². The van der Waals surface area contributed by atoms with Gasteiger partial charge in [0.2, 0.25) is 0 Å². The first-order chi connectivity index (χ1) is 8.10. The number of rotatable bonds is 6. The van der Waals surface area contributed by atoms with Crippen molar-refractivity contribution in [3.63, 3.8) is 0 Å². The zero-order valence-electron chi connectivity index (χ0n) is 9.04. The molecule has 17 heavy (non-hydrogen) atoms. The molecule has 1 N–H and O–H groups in total. The number of hydrogen-bond acceptors (Lipinski definition) is 5. The van der Waals surface area contributed by atoms with Gasteiger partial charge in [-0.05, 0) is 6.07 Å². The first-order valence-electron chi connectivity index (χ1n) is 4.85. The van der Waals surface area contributed by atoms with Gasteiger partial charge in [0, 0.05) is 13.1 Å². The molecule has 7 heteroatoms. The SMILES string of the molecule is C=CCN(CCO)C(=O)c1ccc([N+](=O)[O-])o1.